The minimum Gasteiger partial charge on any atom is -0.435 e. The van der Waals surface area contributed by atoms with E-state index in [1.54, 1.807) is 34.1 Å². The van der Waals surface area contributed by atoms with Crippen molar-refractivity contribution in [3.8, 4) is 0 Å². The quantitative estimate of drug-likeness (QED) is 0.434. The second kappa shape index (κ2) is 12.9. The second-order valence-electron chi connectivity index (χ2n) is 9.40. The van der Waals surface area contributed by atoms with Gasteiger partial charge in [-0.2, -0.15) is 13.2 Å². The standard InChI is InChI=1S/C28H32F4N6O3/c1-3-36(4-2)24-11-7-8-20(28(30,31)32)25(41-24)26(39)34-19-12-13-23(33-18-19)37-14-16-38(17-15-37)27(40)35-22-10-6-5-9-21(22)29/h5-6,9-13,18H,3-4,7-8,14-17H2,1-2H3,(H,34,39)(H,35,40). The number of halogens is 4. The fourth-order valence-corrected chi connectivity index (χ4v) is 4.57. The Labute approximate surface area is 235 Å². The smallest absolute Gasteiger partial charge is 0.416 e. The summed E-state index contributed by atoms with van der Waals surface area (Å²) in [4.78, 5) is 35.1. The van der Waals surface area contributed by atoms with Crippen LogP contribution in [0.5, 0.6) is 0 Å². The van der Waals surface area contributed by atoms with Crippen LogP contribution < -0.4 is 15.5 Å². The molecule has 0 atom stereocenters. The van der Waals surface area contributed by atoms with E-state index in [-0.39, 0.29) is 30.1 Å². The van der Waals surface area contributed by atoms with Gasteiger partial charge >= 0.3 is 12.2 Å². The molecule has 13 heteroatoms. The van der Waals surface area contributed by atoms with Crippen molar-refractivity contribution < 1.29 is 31.9 Å². The summed E-state index contributed by atoms with van der Waals surface area (Å²) >= 11 is 0. The van der Waals surface area contributed by atoms with Crippen LogP contribution in [-0.2, 0) is 9.53 Å². The highest BCUT2D eigenvalue weighted by atomic mass is 19.4. The third-order valence-electron chi connectivity index (χ3n) is 6.83. The molecule has 4 rings (SSSR count). The van der Waals surface area contributed by atoms with E-state index in [4.69, 9.17) is 4.74 Å². The number of anilines is 3. The number of hydrogen-bond acceptors (Lipinski definition) is 6. The predicted octanol–water partition coefficient (Wildman–Crippen LogP) is 5.32. The normalized spacial score (nSPS) is 16.0. The first kappa shape index (κ1) is 29.7. The van der Waals surface area contributed by atoms with Crippen molar-refractivity contribution in [2.45, 2.75) is 32.9 Å². The van der Waals surface area contributed by atoms with Gasteiger partial charge in [-0.3, -0.25) is 4.79 Å². The van der Waals surface area contributed by atoms with Gasteiger partial charge in [-0.1, -0.05) is 12.1 Å². The number of benzene rings is 1. The van der Waals surface area contributed by atoms with E-state index in [9.17, 15) is 27.2 Å². The van der Waals surface area contributed by atoms with Crippen LogP contribution in [-0.4, -0.2) is 72.2 Å². The zero-order valence-corrected chi connectivity index (χ0v) is 22.8. The van der Waals surface area contributed by atoms with Crippen LogP contribution in [0, 0.1) is 5.82 Å². The largest absolute Gasteiger partial charge is 0.435 e. The Balaban J connectivity index is 1.38. The first-order chi connectivity index (χ1) is 19.6. The van der Waals surface area contributed by atoms with Crippen LogP contribution in [0.25, 0.3) is 0 Å². The second-order valence-corrected chi connectivity index (χ2v) is 9.40. The van der Waals surface area contributed by atoms with Gasteiger partial charge in [0.1, 0.15) is 11.6 Å². The lowest BCUT2D eigenvalue weighted by atomic mass is 10.1. The van der Waals surface area contributed by atoms with Crippen LogP contribution >= 0.6 is 0 Å². The predicted molar refractivity (Wildman–Crippen MR) is 146 cm³/mol. The highest BCUT2D eigenvalue weighted by molar-refractivity contribution is 6.03. The maximum absolute atomic E-state index is 13.8. The van der Waals surface area contributed by atoms with E-state index in [0.29, 0.717) is 45.1 Å². The molecule has 0 aliphatic carbocycles. The van der Waals surface area contributed by atoms with Crippen molar-refractivity contribution in [2.24, 2.45) is 0 Å². The topological polar surface area (TPSA) is 90.0 Å². The van der Waals surface area contributed by atoms with Gasteiger partial charge < -0.3 is 30.1 Å². The number of amides is 3. The highest BCUT2D eigenvalue weighted by Gasteiger charge is 2.40. The third kappa shape index (κ3) is 7.27. The van der Waals surface area contributed by atoms with Gasteiger partial charge in [-0.25, -0.2) is 14.2 Å². The number of nitrogens with one attached hydrogen (secondary N) is 2. The third-order valence-corrected chi connectivity index (χ3v) is 6.83. The monoisotopic (exact) mass is 576 g/mol. The molecule has 3 heterocycles. The number of urea groups is 1. The summed E-state index contributed by atoms with van der Waals surface area (Å²) in [6.07, 6.45) is -2.09. The minimum absolute atomic E-state index is 0.0891. The molecule has 1 aromatic carbocycles. The molecule has 9 nitrogen and oxygen atoms in total. The molecule has 2 aromatic rings. The van der Waals surface area contributed by atoms with Crippen LogP contribution in [0.1, 0.15) is 26.7 Å². The SMILES string of the molecule is CCN(CC)C1=CCCC(C(F)(F)F)=C(C(=O)Nc2ccc(N3CCN(C(=O)Nc4ccccc4F)CC3)nc2)O1. The number of rotatable bonds is 7. The Morgan fingerprint density at radius 1 is 1.02 bits per heavy atom. The number of pyridine rings is 1. The van der Waals surface area contributed by atoms with E-state index < -0.39 is 35.3 Å². The fourth-order valence-electron chi connectivity index (χ4n) is 4.57. The average Bonchev–Trinajstić information content (AvgIpc) is 3.19. The maximum Gasteiger partial charge on any atom is 0.416 e. The number of para-hydroxylation sites is 1. The van der Waals surface area contributed by atoms with Crippen LogP contribution in [0.2, 0.25) is 0 Å². The van der Waals surface area contributed by atoms with E-state index in [2.05, 4.69) is 15.6 Å². The van der Waals surface area contributed by atoms with Gasteiger partial charge in [-0.05, 0) is 57.0 Å². The molecule has 2 aliphatic rings. The maximum atomic E-state index is 13.8. The number of carbonyl (C=O) groups is 2. The van der Waals surface area contributed by atoms with Gasteiger partial charge in [-0.15, -0.1) is 0 Å². The zero-order chi connectivity index (χ0) is 29.6. The number of alkyl halides is 3. The van der Waals surface area contributed by atoms with Crippen molar-refractivity contribution in [3.05, 3.63) is 71.7 Å². The summed E-state index contributed by atoms with van der Waals surface area (Å²) in [6.45, 7) is 6.37. The number of aromatic nitrogens is 1. The Hall–Kier alpha value is -4.29. The van der Waals surface area contributed by atoms with E-state index in [1.807, 2.05) is 18.7 Å². The number of piperazine rings is 1. The molecule has 2 aliphatic heterocycles. The lowest BCUT2D eigenvalue weighted by Crippen LogP contribution is -2.50. The Morgan fingerprint density at radius 3 is 2.34 bits per heavy atom. The highest BCUT2D eigenvalue weighted by Crippen LogP contribution is 2.36. The van der Waals surface area contributed by atoms with Crippen LogP contribution in [0.15, 0.2) is 65.9 Å². The first-order valence-electron chi connectivity index (χ1n) is 13.4. The van der Waals surface area contributed by atoms with Gasteiger partial charge in [0.2, 0.25) is 5.76 Å². The molecular formula is C28H32F4N6O3. The zero-order valence-electron chi connectivity index (χ0n) is 22.8. The summed E-state index contributed by atoms with van der Waals surface area (Å²) in [5.41, 5.74) is -0.710. The lowest BCUT2D eigenvalue weighted by Gasteiger charge is -2.35. The molecule has 0 saturated carbocycles. The number of hydrogen-bond donors (Lipinski definition) is 2. The number of carbonyl (C=O) groups excluding carboxylic acids is 2. The summed E-state index contributed by atoms with van der Waals surface area (Å²) in [6, 6.07) is 8.69. The first-order valence-corrected chi connectivity index (χ1v) is 13.4. The van der Waals surface area contributed by atoms with Crippen molar-refractivity contribution in [3.63, 3.8) is 0 Å². The van der Waals surface area contributed by atoms with Crippen molar-refractivity contribution >= 4 is 29.1 Å². The summed E-state index contributed by atoms with van der Waals surface area (Å²) < 4.78 is 60.8. The molecule has 0 unspecified atom stereocenters. The van der Waals surface area contributed by atoms with Crippen molar-refractivity contribution in [1.82, 2.24) is 14.8 Å². The molecule has 0 bridgehead atoms. The number of ether oxygens (including phenoxy) is 1. The number of nitrogens with zero attached hydrogens (tertiary/aromatic N) is 4. The van der Waals surface area contributed by atoms with Gasteiger partial charge in [0.05, 0.1) is 23.1 Å². The molecule has 0 spiro atoms. The van der Waals surface area contributed by atoms with E-state index in [1.165, 1.54) is 24.4 Å². The molecule has 220 valence electrons. The van der Waals surface area contributed by atoms with Gasteiger partial charge in [0, 0.05) is 39.3 Å². The molecule has 1 saturated heterocycles. The molecule has 3 amide bonds. The van der Waals surface area contributed by atoms with Crippen molar-refractivity contribution in [1.29, 1.82) is 0 Å². The van der Waals surface area contributed by atoms with E-state index in [0.717, 1.165) is 0 Å². The van der Waals surface area contributed by atoms with Crippen LogP contribution in [0.4, 0.5) is 39.5 Å². The molecule has 41 heavy (non-hydrogen) atoms. The summed E-state index contributed by atoms with van der Waals surface area (Å²) in [5.74, 6) is -1.52. The molecule has 2 N–H and O–H groups in total. The summed E-state index contributed by atoms with van der Waals surface area (Å²) in [7, 11) is 0. The van der Waals surface area contributed by atoms with E-state index >= 15 is 0 Å². The molecule has 0 radical (unpaired) electrons. The Morgan fingerprint density at radius 2 is 1.73 bits per heavy atom. The molecule has 1 aromatic heterocycles. The Bertz CT molecular complexity index is 1300. The van der Waals surface area contributed by atoms with Crippen LogP contribution in [0.3, 0.4) is 0 Å². The van der Waals surface area contributed by atoms with Gasteiger partial charge in [0.15, 0.2) is 5.88 Å². The Kier molecular flexibility index (Phi) is 9.35. The summed E-state index contributed by atoms with van der Waals surface area (Å²) in [5, 5.41) is 5.04. The number of allylic oxidation sites excluding steroid dienone is 2. The molecule has 1 fully saturated rings. The fraction of sp³-hybridized carbons (Fsp3) is 0.393. The average molecular weight is 577 g/mol. The van der Waals surface area contributed by atoms with Crippen molar-refractivity contribution in [2.75, 3.05) is 54.8 Å². The minimum atomic E-state index is -4.73. The lowest BCUT2D eigenvalue weighted by molar-refractivity contribution is -0.119. The molecular weight excluding hydrogens is 544 g/mol. The van der Waals surface area contributed by atoms with Gasteiger partial charge in [0.25, 0.3) is 5.91 Å².